The fourth-order valence-corrected chi connectivity index (χ4v) is 3.77. The molecule has 1 aromatic rings. The normalized spacial score (nSPS) is 23.7. The molecule has 0 saturated carbocycles. The Hall–Kier alpha value is -2.08. The summed E-state index contributed by atoms with van der Waals surface area (Å²) in [6, 6.07) is 5.65. The van der Waals surface area contributed by atoms with Crippen LogP contribution in [0.4, 0.5) is 10.5 Å². The van der Waals surface area contributed by atoms with Crippen LogP contribution in [0.2, 0.25) is 0 Å². The molecule has 1 unspecified atom stereocenters. The van der Waals surface area contributed by atoms with Gasteiger partial charge in [0.05, 0.1) is 0 Å². The molecule has 1 atom stereocenters. The van der Waals surface area contributed by atoms with Gasteiger partial charge in [-0.3, -0.25) is 9.69 Å². The number of benzene rings is 1. The topological polar surface area (TPSA) is 61.9 Å². The lowest BCUT2D eigenvalue weighted by atomic mass is 10.0. The van der Waals surface area contributed by atoms with E-state index in [1.165, 1.54) is 24.0 Å². The predicted octanol–water partition coefficient (Wildman–Crippen LogP) is 1.28. The summed E-state index contributed by atoms with van der Waals surface area (Å²) in [4.78, 5) is 28.1. The van der Waals surface area contributed by atoms with Crippen LogP contribution in [0.15, 0.2) is 18.2 Å². The van der Waals surface area contributed by atoms with E-state index in [1.807, 2.05) is 12.1 Å². The molecule has 0 aromatic heterocycles. The fourth-order valence-electron chi connectivity index (χ4n) is 3.77. The molecular weight excluding hydrogens is 294 g/mol. The molecule has 6 heteroatoms. The van der Waals surface area contributed by atoms with Crippen molar-refractivity contribution >= 4 is 17.7 Å². The van der Waals surface area contributed by atoms with Crippen LogP contribution in [0.3, 0.4) is 0 Å². The lowest BCUT2D eigenvalue weighted by molar-refractivity contribution is -0.120. The number of alkyl carbamates (subject to hydrolysis) is 1. The van der Waals surface area contributed by atoms with Gasteiger partial charge in [0, 0.05) is 18.8 Å². The first-order valence-corrected chi connectivity index (χ1v) is 8.30. The molecule has 2 saturated heterocycles. The zero-order valence-corrected chi connectivity index (χ0v) is 13.1. The van der Waals surface area contributed by atoms with Crippen molar-refractivity contribution in [2.75, 3.05) is 31.1 Å². The lowest BCUT2D eigenvalue weighted by Gasteiger charge is -2.21. The first-order chi connectivity index (χ1) is 11.2. The minimum Gasteiger partial charge on any atom is -0.447 e. The molecule has 3 aliphatic heterocycles. The number of hydrogen-bond acceptors (Lipinski definition) is 4. The highest BCUT2D eigenvalue weighted by molar-refractivity contribution is 6.01. The summed E-state index contributed by atoms with van der Waals surface area (Å²) in [5.41, 5.74) is 3.59. The van der Waals surface area contributed by atoms with Gasteiger partial charge in [0.25, 0.3) is 5.91 Å². The van der Waals surface area contributed by atoms with Crippen molar-refractivity contribution in [2.45, 2.75) is 31.8 Å². The van der Waals surface area contributed by atoms with Crippen LogP contribution in [0.5, 0.6) is 0 Å². The van der Waals surface area contributed by atoms with E-state index in [9.17, 15) is 9.59 Å². The van der Waals surface area contributed by atoms with E-state index in [2.05, 4.69) is 16.3 Å². The number of carbonyl (C=O) groups excluding carboxylic acids is 2. The molecule has 3 heterocycles. The van der Waals surface area contributed by atoms with Crippen molar-refractivity contribution in [3.63, 3.8) is 0 Å². The Morgan fingerprint density at radius 3 is 2.83 bits per heavy atom. The number of hydrogen-bond donors (Lipinski definition) is 1. The first kappa shape index (κ1) is 14.5. The maximum atomic E-state index is 12.6. The highest BCUT2D eigenvalue weighted by Gasteiger charge is 2.36. The number of fused-ring (bicyclic) bond motifs is 1. The van der Waals surface area contributed by atoms with Crippen molar-refractivity contribution in [1.29, 1.82) is 0 Å². The van der Waals surface area contributed by atoms with Crippen LogP contribution >= 0.6 is 0 Å². The van der Waals surface area contributed by atoms with Crippen LogP contribution in [0.25, 0.3) is 0 Å². The number of rotatable bonds is 3. The Kier molecular flexibility index (Phi) is 3.69. The fraction of sp³-hybridized carbons (Fsp3) is 0.529. The standard InChI is InChI=1S/C17H21N3O3/c21-16(14-11-23-17(22)18-14)20-9-6-13-12(4-3-5-15(13)20)10-19-7-1-2-8-19/h3-5,14H,1-2,6-11H2,(H,18,22). The molecule has 0 radical (unpaired) electrons. The summed E-state index contributed by atoms with van der Waals surface area (Å²) in [5.74, 6) is -0.0760. The zero-order chi connectivity index (χ0) is 15.8. The monoisotopic (exact) mass is 315 g/mol. The van der Waals surface area contributed by atoms with Gasteiger partial charge in [-0.1, -0.05) is 12.1 Å². The summed E-state index contributed by atoms with van der Waals surface area (Å²) in [7, 11) is 0. The molecule has 2 amide bonds. The van der Waals surface area contributed by atoms with Gasteiger partial charge in [-0.15, -0.1) is 0 Å². The van der Waals surface area contributed by atoms with Crippen LogP contribution < -0.4 is 10.2 Å². The number of nitrogens with one attached hydrogen (secondary N) is 1. The number of anilines is 1. The molecule has 23 heavy (non-hydrogen) atoms. The van der Waals surface area contributed by atoms with Gasteiger partial charge in [-0.2, -0.15) is 0 Å². The van der Waals surface area contributed by atoms with Crippen LogP contribution in [-0.2, 0) is 22.5 Å². The third-order valence-electron chi connectivity index (χ3n) is 4.95. The van der Waals surface area contributed by atoms with E-state index in [0.29, 0.717) is 6.54 Å². The van der Waals surface area contributed by atoms with Gasteiger partial charge >= 0.3 is 6.09 Å². The molecule has 0 aliphatic carbocycles. The first-order valence-electron chi connectivity index (χ1n) is 8.30. The molecule has 0 bridgehead atoms. The molecule has 1 N–H and O–H groups in total. The predicted molar refractivity (Wildman–Crippen MR) is 85.3 cm³/mol. The van der Waals surface area contributed by atoms with Gasteiger partial charge in [0.2, 0.25) is 0 Å². The Morgan fingerprint density at radius 2 is 2.09 bits per heavy atom. The maximum Gasteiger partial charge on any atom is 0.407 e. The number of likely N-dealkylation sites (tertiary alicyclic amines) is 1. The minimum absolute atomic E-state index is 0.0760. The highest BCUT2D eigenvalue weighted by atomic mass is 16.6. The largest absolute Gasteiger partial charge is 0.447 e. The van der Waals surface area contributed by atoms with Gasteiger partial charge in [-0.25, -0.2) is 4.79 Å². The summed E-state index contributed by atoms with van der Waals surface area (Å²) in [6.07, 6.45) is 2.93. The highest BCUT2D eigenvalue weighted by Crippen LogP contribution is 2.32. The van der Waals surface area contributed by atoms with Crippen molar-refractivity contribution in [2.24, 2.45) is 0 Å². The van der Waals surface area contributed by atoms with E-state index < -0.39 is 12.1 Å². The number of amides is 2. The van der Waals surface area contributed by atoms with E-state index in [-0.39, 0.29) is 12.5 Å². The molecular formula is C17H21N3O3. The summed E-state index contributed by atoms with van der Waals surface area (Å²) < 4.78 is 4.84. The molecule has 0 spiro atoms. The second-order valence-electron chi connectivity index (χ2n) is 6.43. The number of ether oxygens (including phenoxy) is 1. The van der Waals surface area contributed by atoms with Crippen LogP contribution in [-0.4, -0.2) is 49.2 Å². The number of carbonyl (C=O) groups is 2. The molecule has 2 fully saturated rings. The molecule has 122 valence electrons. The van der Waals surface area contributed by atoms with Crippen molar-refractivity contribution in [3.05, 3.63) is 29.3 Å². The van der Waals surface area contributed by atoms with Gasteiger partial charge in [0.15, 0.2) is 0 Å². The third kappa shape index (κ3) is 2.67. The SMILES string of the molecule is O=C1NC(C(=O)N2CCc3c(CN4CCCC4)cccc32)CO1. The molecule has 6 nitrogen and oxygen atoms in total. The van der Waals surface area contributed by atoms with Gasteiger partial charge < -0.3 is 15.0 Å². The van der Waals surface area contributed by atoms with Gasteiger partial charge in [-0.05, 0) is 49.5 Å². The van der Waals surface area contributed by atoms with Crippen molar-refractivity contribution in [3.8, 4) is 0 Å². The van der Waals surface area contributed by atoms with Crippen LogP contribution in [0.1, 0.15) is 24.0 Å². The molecule has 4 rings (SSSR count). The summed E-state index contributed by atoms with van der Waals surface area (Å²) in [5, 5.41) is 2.57. The molecule has 3 aliphatic rings. The Balaban J connectivity index is 1.54. The summed E-state index contributed by atoms with van der Waals surface area (Å²) >= 11 is 0. The van der Waals surface area contributed by atoms with E-state index >= 15 is 0 Å². The number of cyclic esters (lactones) is 1. The van der Waals surface area contributed by atoms with E-state index in [1.54, 1.807) is 4.90 Å². The Morgan fingerprint density at radius 1 is 1.26 bits per heavy atom. The lowest BCUT2D eigenvalue weighted by Crippen LogP contribution is -2.45. The Bertz CT molecular complexity index is 640. The molecule has 1 aromatic carbocycles. The maximum absolute atomic E-state index is 12.6. The second kappa shape index (κ2) is 5.85. The second-order valence-corrected chi connectivity index (χ2v) is 6.43. The smallest absolute Gasteiger partial charge is 0.407 e. The minimum atomic E-state index is -0.560. The van der Waals surface area contributed by atoms with E-state index in [4.69, 9.17) is 4.74 Å². The van der Waals surface area contributed by atoms with E-state index in [0.717, 1.165) is 31.7 Å². The zero-order valence-electron chi connectivity index (χ0n) is 13.1. The average molecular weight is 315 g/mol. The average Bonchev–Trinajstić information content (AvgIpc) is 3.27. The quantitative estimate of drug-likeness (QED) is 0.913. The van der Waals surface area contributed by atoms with Gasteiger partial charge in [0.1, 0.15) is 12.6 Å². The Labute approximate surface area is 135 Å². The van der Waals surface area contributed by atoms with Crippen molar-refractivity contribution in [1.82, 2.24) is 10.2 Å². The van der Waals surface area contributed by atoms with Crippen molar-refractivity contribution < 1.29 is 14.3 Å². The number of nitrogens with zero attached hydrogens (tertiary/aromatic N) is 2. The third-order valence-corrected chi connectivity index (χ3v) is 4.95. The summed E-state index contributed by atoms with van der Waals surface area (Å²) in [6.45, 7) is 4.10. The van der Waals surface area contributed by atoms with Crippen LogP contribution in [0, 0.1) is 0 Å².